The summed E-state index contributed by atoms with van der Waals surface area (Å²) in [6.07, 6.45) is 3.02. The zero-order chi connectivity index (χ0) is 14.9. The number of halogens is 2. The normalized spacial score (nSPS) is 17.1. The molecule has 0 spiro atoms. The summed E-state index contributed by atoms with van der Waals surface area (Å²) < 4.78 is 0.911. The van der Waals surface area contributed by atoms with Gasteiger partial charge in [0.05, 0.1) is 17.3 Å². The topological polar surface area (TPSA) is 87.8 Å². The molecule has 0 saturated heterocycles. The lowest BCUT2D eigenvalue weighted by molar-refractivity contribution is -0.123. The van der Waals surface area contributed by atoms with Crippen molar-refractivity contribution in [1.82, 2.24) is 15.1 Å². The summed E-state index contributed by atoms with van der Waals surface area (Å²) in [5.74, 6) is -0.302. The molecule has 1 aliphatic carbocycles. The lowest BCUT2D eigenvalue weighted by Gasteiger charge is -2.22. The Balaban J connectivity index is 2.11. The molecule has 1 aromatic heterocycles. The summed E-state index contributed by atoms with van der Waals surface area (Å²) >= 11 is 11.3. The Morgan fingerprint density at radius 1 is 1.65 bits per heavy atom. The van der Waals surface area contributed by atoms with Gasteiger partial charge in [-0.15, -0.1) is 0 Å². The van der Waals surface area contributed by atoms with E-state index in [0.29, 0.717) is 0 Å². The van der Waals surface area contributed by atoms with Crippen molar-refractivity contribution in [3.8, 4) is 6.07 Å². The van der Waals surface area contributed by atoms with Gasteiger partial charge in [-0.1, -0.05) is 23.2 Å². The Labute approximate surface area is 125 Å². The second-order valence-corrected chi connectivity index (χ2v) is 5.69. The Morgan fingerprint density at radius 3 is 2.85 bits per heavy atom. The van der Waals surface area contributed by atoms with Crippen LogP contribution in [-0.4, -0.2) is 21.2 Å². The molecular weight excluding hydrogens is 303 g/mol. The van der Waals surface area contributed by atoms with Crippen LogP contribution in [0.25, 0.3) is 0 Å². The van der Waals surface area contributed by atoms with E-state index in [2.05, 4.69) is 16.5 Å². The first-order chi connectivity index (χ1) is 9.37. The minimum atomic E-state index is -0.906. The van der Waals surface area contributed by atoms with E-state index in [-0.39, 0.29) is 22.5 Å². The Bertz CT molecular complexity index is 648. The van der Waals surface area contributed by atoms with Crippen LogP contribution in [0.5, 0.6) is 0 Å². The molecule has 1 amide bonds. The molecule has 8 heteroatoms. The van der Waals surface area contributed by atoms with Crippen LogP contribution in [0.4, 0.5) is 0 Å². The van der Waals surface area contributed by atoms with Crippen molar-refractivity contribution >= 4 is 29.1 Å². The van der Waals surface area contributed by atoms with Gasteiger partial charge in [-0.2, -0.15) is 10.4 Å². The van der Waals surface area contributed by atoms with Gasteiger partial charge < -0.3 is 5.32 Å². The molecule has 0 aromatic carbocycles. The maximum atomic E-state index is 11.9. The molecular formula is C12H12Cl2N4O2. The number of carbonyl (C=O) groups is 1. The SMILES string of the molecule is C[C@](C#N)(NC(=O)Cn1ncc(Cl)c(Cl)c1=O)C1CC1. The van der Waals surface area contributed by atoms with Crippen LogP contribution in [0.3, 0.4) is 0 Å². The van der Waals surface area contributed by atoms with Crippen LogP contribution in [0.1, 0.15) is 19.8 Å². The summed E-state index contributed by atoms with van der Waals surface area (Å²) in [5, 5.41) is 15.4. The lowest BCUT2D eigenvalue weighted by atomic mass is 9.98. The Hall–Kier alpha value is -1.58. The fourth-order valence-electron chi connectivity index (χ4n) is 1.90. The predicted molar refractivity (Wildman–Crippen MR) is 73.4 cm³/mol. The van der Waals surface area contributed by atoms with E-state index >= 15 is 0 Å². The largest absolute Gasteiger partial charge is 0.336 e. The summed E-state index contributed by atoms with van der Waals surface area (Å²) in [5.41, 5.74) is -1.55. The summed E-state index contributed by atoms with van der Waals surface area (Å²) in [7, 11) is 0. The number of nitrogens with zero attached hydrogens (tertiary/aromatic N) is 3. The quantitative estimate of drug-likeness (QED) is 0.908. The van der Waals surface area contributed by atoms with Gasteiger partial charge in [0.25, 0.3) is 5.56 Å². The Kier molecular flexibility index (Phi) is 4.02. The molecule has 1 aliphatic rings. The van der Waals surface area contributed by atoms with E-state index in [4.69, 9.17) is 28.5 Å². The molecule has 0 bridgehead atoms. The van der Waals surface area contributed by atoms with Crippen molar-refractivity contribution in [3.63, 3.8) is 0 Å². The number of aromatic nitrogens is 2. The number of rotatable bonds is 4. The van der Waals surface area contributed by atoms with Crippen molar-refractivity contribution in [2.75, 3.05) is 0 Å². The molecule has 0 aliphatic heterocycles. The first-order valence-electron chi connectivity index (χ1n) is 6.01. The van der Waals surface area contributed by atoms with Crippen molar-refractivity contribution in [1.29, 1.82) is 5.26 Å². The van der Waals surface area contributed by atoms with Gasteiger partial charge in [-0.05, 0) is 25.7 Å². The van der Waals surface area contributed by atoms with Crippen molar-refractivity contribution < 1.29 is 4.79 Å². The zero-order valence-electron chi connectivity index (χ0n) is 10.7. The minimum absolute atomic E-state index is 0.0353. The molecule has 1 heterocycles. The molecule has 1 N–H and O–H groups in total. The second kappa shape index (κ2) is 5.43. The maximum Gasteiger partial charge on any atom is 0.287 e. The fourth-order valence-corrected chi connectivity index (χ4v) is 2.18. The summed E-state index contributed by atoms with van der Waals surface area (Å²) in [4.78, 5) is 23.7. The number of nitriles is 1. The highest BCUT2D eigenvalue weighted by atomic mass is 35.5. The average molecular weight is 315 g/mol. The third-order valence-electron chi connectivity index (χ3n) is 3.26. The van der Waals surface area contributed by atoms with E-state index in [1.165, 1.54) is 6.20 Å². The first-order valence-corrected chi connectivity index (χ1v) is 6.76. The van der Waals surface area contributed by atoms with Crippen LogP contribution in [0.15, 0.2) is 11.0 Å². The number of amides is 1. The zero-order valence-corrected chi connectivity index (χ0v) is 12.2. The summed E-state index contributed by atoms with van der Waals surface area (Å²) in [6, 6.07) is 2.11. The van der Waals surface area contributed by atoms with Gasteiger partial charge in [-0.25, -0.2) is 4.68 Å². The molecule has 1 atom stereocenters. The van der Waals surface area contributed by atoms with E-state index in [9.17, 15) is 9.59 Å². The third kappa shape index (κ3) is 2.94. The molecule has 0 unspecified atom stereocenters. The van der Waals surface area contributed by atoms with Gasteiger partial charge in [0, 0.05) is 0 Å². The highest BCUT2D eigenvalue weighted by Gasteiger charge is 2.43. The van der Waals surface area contributed by atoms with E-state index in [1.807, 2.05) is 0 Å². The van der Waals surface area contributed by atoms with Crippen molar-refractivity contribution in [3.05, 3.63) is 26.6 Å². The predicted octanol–water partition coefficient (Wildman–Crippen LogP) is 1.36. The van der Waals surface area contributed by atoms with Gasteiger partial charge in [0.2, 0.25) is 5.91 Å². The van der Waals surface area contributed by atoms with Gasteiger partial charge in [0.15, 0.2) is 0 Å². The average Bonchev–Trinajstić information content (AvgIpc) is 3.24. The molecule has 2 rings (SSSR count). The molecule has 6 nitrogen and oxygen atoms in total. The number of hydrogen-bond donors (Lipinski definition) is 1. The van der Waals surface area contributed by atoms with Crippen LogP contribution >= 0.6 is 23.2 Å². The minimum Gasteiger partial charge on any atom is -0.336 e. The van der Waals surface area contributed by atoms with Gasteiger partial charge >= 0.3 is 0 Å². The smallest absolute Gasteiger partial charge is 0.287 e. The highest BCUT2D eigenvalue weighted by molar-refractivity contribution is 6.41. The van der Waals surface area contributed by atoms with Crippen LogP contribution in [0, 0.1) is 17.2 Å². The lowest BCUT2D eigenvalue weighted by Crippen LogP contribution is -2.48. The van der Waals surface area contributed by atoms with E-state index in [1.54, 1.807) is 6.92 Å². The number of hydrogen-bond acceptors (Lipinski definition) is 4. The number of carbonyl (C=O) groups excluding carboxylic acids is 1. The van der Waals surface area contributed by atoms with Crippen LogP contribution in [0.2, 0.25) is 10.0 Å². The maximum absolute atomic E-state index is 11.9. The third-order valence-corrected chi connectivity index (χ3v) is 4.01. The van der Waals surface area contributed by atoms with Crippen molar-refractivity contribution in [2.24, 2.45) is 5.92 Å². The molecule has 1 saturated carbocycles. The highest BCUT2D eigenvalue weighted by Crippen LogP contribution is 2.39. The number of nitrogens with one attached hydrogen (secondary N) is 1. The van der Waals surface area contributed by atoms with E-state index in [0.717, 1.165) is 17.5 Å². The van der Waals surface area contributed by atoms with Crippen molar-refractivity contribution in [2.45, 2.75) is 31.8 Å². The van der Waals surface area contributed by atoms with E-state index < -0.39 is 17.0 Å². The standard InChI is InChI=1S/C12H12Cl2N4O2/c1-12(6-15,7-2-3-7)17-9(19)5-18-11(20)10(14)8(13)4-16-18/h4,7H,2-3,5H2,1H3,(H,17,19)/t12-/m1/s1. The fraction of sp³-hybridized carbons (Fsp3) is 0.500. The van der Waals surface area contributed by atoms with Gasteiger partial charge in [0.1, 0.15) is 17.1 Å². The molecule has 1 aromatic rings. The molecule has 20 heavy (non-hydrogen) atoms. The first kappa shape index (κ1) is 14.8. The van der Waals surface area contributed by atoms with Crippen LogP contribution < -0.4 is 10.9 Å². The molecule has 1 fully saturated rings. The molecule has 0 radical (unpaired) electrons. The summed E-state index contributed by atoms with van der Waals surface area (Å²) in [6.45, 7) is 1.37. The monoisotopic (exact) mass is 314 g/mol. The van der Waals surface area contributed by atoms with Crippen LogP contribution in [-0.2, 0) is 11.3 Å². The Morgan fingerprint density at radius 2 is 2.30 bits per heavy atom. The molecule has 106 valence electrons. The van der Waals surface area contributed by atoms with Gasteiger partial charge in [-0.3, -0.25) is 9.59 Å². The second-order valence-electron chi connectivity index (χ2n) is 4.91.